The van der Waals surface area contributed by atoms with Crippen LogP contribution in [0.4, 0.5) is 10.8 Å². The molecule has 0 unspecified atom stereocenters. The molecule has 0 saturated heterocycles. The lowest BCUT2D eigenvalue weighted by molar-refractivity contribution is 0.601. The van der Waals surface area contributed by atoms with Crippen molar-refractivity contribution in [1.82, 2.24) is 4.98 Å². The van der Waals surface area contributed by atoms with E-state index in [9.17, 15) is 8.42 Å². The summed E-state index contributed by atoms with van der Waals surface area (Å²) in [4.78, 5) is 3.89. The molecule has 6 nitrogen and oxygen atoms in total. The zero-order chi connectivity index (χ0) is 13.2. The third kappa shape index (κ3) is 2.49. The van der Waals surface area contributed by atoms with Gasteiger partial charge in [-0.15, -0.1) is 11.3 Å². The Bertz CT molecular complexity index is 665. The number of anilines is 2. The molecule has 1 heterocycles. The van der Waals surface area contributed by atoms with Crippen LogP contribution in [0.25, 0.3) is 0 Å². The lowest BCUT2D eigenvalue weighted by Crippen LogP contribution is -2.13. The van der Waals surface area contributed by atoms with Crippen molar-refractivity contribution in [1.29, 1.82) is 5.41 Å². The molecule has 0 amide bonds. The molecular formula is C10H10N4O2S2. The molecular weight excluding hydrogens is 272 g/mol. The van der Waals surface area contributed by atoms with Crippen LogP contribution in [-0.4, -0.2) is 19.6 Å². The maximum absolute atomic E-state index is 12.0. The average Bonchev–Trinajstić information content (AvgIpc) is 2.81. The molecule has 8 heteroatoms. The maximum Gasteiger partial charge on any atom is 0.263 e. The fourth-order valence-corrected chi connectivity index (χ4v) is 3.12. The minimum Gasteiger partial charge on any atom is -0.398 e. The number of nitrogens with one attached hydrogen (secondary N) is 2. The van der Waals surface area contributed by atoms with E-state index in [1.807, 2.05) is 0 Å². The van der Waals surface area contributed by atoms with Crippen LogP contribution in [0, 0.1) is 5.41 Å². The molecule has 0 radical (unpaired) electrons. The Morgan fingerprint density at radius 1 is 1.44 bits per heavy atom. The topological polar surface area (TPSA) is 109 Å². The quantitative estimate of drug-likeness (QED) is 0.583. The van der Waals surface area contributed by atoms with Gasteiger partial charge in [0.2, 0.25) is 0 Å². The molecule has 0 bridgehead atoms. The molecule has 0 aliphatic carbocycles. The van der Waals surface area contributed by atoms with Gasteiger partial charge in [-0.05, 0) is 18.2 Å². The molecule has 0 aliphatic rings. The molecule has 0 fully saturated rings. The maximum atomic E-state index is 12.0. The van der Waals surface area contributed by atoms with E-state index in [-0.39, 0.29) is 4.90 Å². The van der Waals surface area contributed by atoms with Crippen LogP contribution in [-0.2, 0) is 10.0 Å². The number of benzene rings is 1. The zero-order valence-corrected chi connectivity index (χ0v) is 10.8. The van der Waals surface area contributed by atoms with Crippen LogP contribution in [0.3, 0.4) is 0 Å². The number of thiazole rings is 1. The van der Waals surface area contributed by atoms with E-state index in [1.54, 1.807) is 5.38 Å². The predicted molar refractivity (Wildman–Crippen MR) is 71.7 cm³/mol. The number of nitrogen functional groups attached to an aromatic ring is 1. The third-order valence-corrected chi connectivity index (χ3v) is 4.33. The van der Waals surface area contributed by atoms with Crippen molar-refractivity contribution >= 4 is 38.4 Å². The summed E-state index contributed by atoms with van der Waals surface area (Å²) in [6.07, 6.45) is 2.52. The third-order valence-electron chi connectivity index (χ3n) is 2.18. The fraction of sp³-hybridized carbons (Fsp3) is 0. The summed E-state index contributed by atoms with van der Waals surface area (Å²) in [6.45, 7) is 0. The van der Waals surface area contributed by atoms with E-state index in [0.29, 0.717) is 16.4 Å². The van der Waals surface area contributed by atoms with Crippen LogP contribution >= 0.6 is 11.3 Å². The first-order chi connectivity index (χ1) is 8.53. The monoisotopic (exact) mass is 282 g/mol. The van der Waals surface area contributed by atoms with Gasteiger partial charge in [0, 0.05) is 29.0 Å². The van der Waals surface area contributed by atoms with Gasteiger partial charge in [0.25, 0.3) is 10.0 Å². The molecule has 2 aromatic rings. The van der Waals surface area contributed by atoms with Gasteiger partial charge in [0.05, 0.1) is 4.90 Å². The van der Waals surface area contributed by atoms with Gasteiger partial charge in [-0.3, -0.25) is 4.72 Å². The standard InChI is InChI=1S/C10H10N4O2S2/c11-6-7-5-8(1-2-9(7)12)18(15,16)14-10-13-3-4-17-10/h1-6,11H,12H2,(H,13,14). The second kappa shape index (κ2) is 4.75. The minimum absolute atomic E-state index is 0.0467. The first-order valence-electron chi connectivity index (χ1n) is 4.85. The second-order valence-electron chi connectivity index (χ2n) is 3.38. The van der Waals surface area contributed by atoms with E-state index in [4.69, 9.17) is 11.1 Å². The average molecular weight is 282 g/mol. The van der Waals surface area contributed by atoms with E-state index in [0.717, 1.165) is 6.21 Å². The van der Waals surface area contributed by atoms with Crippen molar-refractivity contribution in [2.75, 3.05) is 10.5 Å². The van der Waals surface area contributed by atoms with Crippen molar-refractivity contribution in [2.45, 2.75) is 4.90 Å². The minimum atomic E-state index is -3.69. The lowest BCUT2D eigenvalue weighted by atomic mass is 10.2. The molecule has 94 valence electrons. The first kappa shape index (κ1) is 12.5. The lowest BCUT2D eigenvalue weighted by Gasteiger charge is -2.07. The summed E-state index contributed by atoms with van der Waals surface area (Å²) >= 11 is 1.19. The molecule has 18 heavy (non-hydrogen) atoms. The summed E-state index contributed by atoms with van der Waals surface area (Å²) in [5, 5.41) is 9.12. The van der Waals surface area contributed by atoms with Gasteiger partial charge in [-0.25, -0.2) is 13.4 Å². The highest BCUT2D eigenvalue weighted by atomic mass is 32.2. The van der Waals surface area contributed by atoms with E-state index < -0.39 is 10.0 Å². The number of rotatable bonds is 4. The molecule has 0 spiro atoms. The van der Waals surface area contributed by atoms with Gasteiger partial charge < -0.3 is 11.1 Å². The van der Waals surface area contributed by atoms with Crippen LogP contribution in [0.5, 0.6) is 0 Å². The number of nitrogens with two attached hydrogens (primary N) is 1. The van der Waals surface area contributed by atoms with Gasteiger partial charge in [-0.2, -0.15) is 0 Å². The molecule has 0 aliphatic heterocycles. The van der Waals surface area contributed by atoms with E-state index >= 15 is 0 Å². The Morgan fingerprint density at radius 2 is 2.22 bits per heavy atom. The molecule has 1 aromatic heterocycles. The Morgan fingerprint density at radius 3 is 2.83 bits per heavy atom. The van der Waals surface area contributed by atoms with Gasteiger partial charge in [0.1, 0.15) is 0 Å². The van der Waals surface area contributed by atoms with Crippen LogP contribution < -0.4 is 10.5 Å². The van der Waals surface area contributed by atoms with E-state index in [2.05, 4.69) is 9.71 Å². The Balaban J connectivity index is 2.38. The molecule has 4 N–H and O–H groups in total. The Labute approximate surface area is 108 Å². The highest BCUT2D eigenvalue weighted by Gasteiger charge is 2.16. The summed E-state index contributed by atoms with van der Waals surface area (Å²) in [5.74, 6) is 0. The Hall–Kier alpha value is -1.93. The van der Waals surface area contributed by atoms with Crippen LogP contribution in [0.2, 0.25) is 0 Å². The number of hydrogen-bond donors (Lipinski definition) is 3. The Kier molecular flexibility index (Phi) is 3.30. The molecule has 0 atom stereocenters. The fourth-order valence-electron chi connectivity index (χ4n) is 1.29. The van der Waals surface area contributed by atoms with Gasteiger partial charge >= 0.3 is 0 Å². The summed E-state index contributed by atoms with van der Waals surface area (Å²) in [6, 6.07) is 4.19. The van der Waals surface area contributed by atoms with Crippen molar-refractivity contribution in [3.05, 3.63) is 35.3 Å². The number of aromatic nitrogens is 1. The van der Waals surface area contributed by atoms with Gasteiger partial charge in [-0.1, -0.05) is 0 Å². The number of hydrogen-bond acceptors (Lipinski definition) is 6. The summed E-state index contributed by atoms with van der Waals surface area (Å²) < 4.78 is 26.4. The largest absolute Gasteiger partial charge is 0.398 e. The second-order valence-corrected chi connectivity index (χ2v) is 5.95. The SMILES string of the molecule is N=Cc1cc(S(=O)(=O)Nc2nccs2)ccc1N. The molecule has 2 rings (SSSR count). The molecule has 1 aromatic carbocycles. The van der Waals surface area contributed by atoms with E-state index in [1.165, 1.54) is 35.7 Å². The normalized spacial score (nSPS) is 11.1. The molecule has 0 saturated carbocycles. The summed E-state index contributed by atoms with van der Waals surface area (Å²) in [5.41, 5.74) is 6.32. The van der Waals surface area contributed by atoms with Gasteiger partial charge in [0.15, 0.2) is 5.13 Å². The van der Waals surface area contributed by atoms with Crippen molar-refractivity contribution in [3.63, 3.8) is 0 Å². The first-order valence-corrected chi connectivity index (χ1v) is 7.21. The van der Waals surface area contributed by atoms with Crippen molar-refractivity contribution < 1.29 is 8.42 Å². The van der Waals surface area contributed by atoms with Crippen molar-refractivity contribution in [2.24, 2.45) is 0 Å². The zero-order valence-electron chi connectivity index (χ0n) is 9.12. The smallest absolute Gasteiger partial charge is 0.263 e. The number of sulfonamides is 1. The van der Waals surface area contributed by atoms with Crippen LogP contribution in [0.1, 0.15) is 5.56 Å². The highest BCUT2D eigenvalue weighted by Crippen LogP contribution is 2.20. The highest BCUT2D eigenvalue weighted by molar-refractivity contribution is 7.93. The number of nitrogens with zero attached hydrogens (tertiary/aromatic N) is 1. The van der Waals surface area contributed by atoms with Crippen molar-refractivity contribution in [3.8, 4) is 0 Å². The summed E-state index contributed by atoms with van der Waals surface area (Å²) in [7, 11) is -3.69. The van der Waals surface area contributed by atoms with Crippen LogP contribution in [0.15, 0.2) is 34.7 Å². The predicted octanol–water partition coefficient (Wildman–Crippen LogP) is 1.52.